The zero-order valence-corrected chi connectivity index (χ0v) is 13.7. The molecule has 3 N–H and O–H groups in total. The van der Waals surface area contributed by atoms with E-state index in [-0.39, 0.29) is 5.84 Å². The van der Waals surface area contributed by atoms with Crippen LogP contribution in [-0.2, 0) is 9.84 Å². The molecule has 1 saturated heterocycles. The zero-order chi connectivity index (χ0) is 15.6. The second-order valence-electron chi connectivity index (χ2n) is 4.70. The van der Waals surface area contributed by atoms with Gasteiger partial charge in [-0.05, 0) is 18.2 Å². The number of oxime groups is 1. The average molecular weight is 350 g/mol. The van der Waals surface area contributed by atoms with Gasteiger partial charge in [-0.25, -0.2) is 8.42 Å². The number of rotatable bonds is 3. The van der Waals surface area contributed by atoms with Gasteiger partial charge in [0.15, 0.2) is 15.7 Å². The van der Waals surface area contributed by atoms with Crippen LogP contribution in [0.2, 0.25) is 5.02 Å². The SMILES string of the molecule is CS(=O)(=O)C1CSCCN1c1cc(Cl)ccc1C(N)=NO. The second-order valence-corrected chi connectivity index (χ2v) is 8.49. The number of hydrogen-bond acceptors (Lipinski definition) is 6. The summed E-state index contributed by atoms with van der Waals surface area (Å²) >= 11 is 7.61. The van der Waals surface area contributed by atoms with Gasteiger partial charge >= 0.3 is 0 Å². The summed E-state index contributed by atoms with van der Waals surface area (Å²) in [4.78, 5) is 1.76. The highest BCUT2D eigenvalue weighted by Crippen LogP contribution is 2.31. The van der Waals surface area contributed by atoms with Crippen molar-refractivity contribution >= 4 is 44.7 Å². The van der Waals surface area contributed by atoms with E-state index < -0.39 is 15.2 Å². The molecule has 0 aliphatic carbocycles. The largest absolute Gasteiger partial charge is 0.409 e. The first-order valence-electron chi connectivity index (χ1n) is 6.15. The van der Waals surface area contributed by atoms with E-state index in [1.807, 2.05) is 0 Å². The highest BCUT2D eigenvalue weighted by molar-refractivity contribution is 8.01. The lowest BCUT2D eigenvalue weighted by Crippen LogP contribution is -2.47. The fraction of sp³-hybridized carbons (Fsp3) is 0.417. The van der Waals surface area contributed by atoms with Crippen LogP contribution < -0.4 is 10.6 Å². The number of halogens is 1. The maximum atomic E-state index is 12.0. The van der Waals surface area contributed by atoms with E-state index in [9.17, 15) is 8.42 Å². The van der Waals surface area contributed by atoms with Gasteiger partial charge in [-0.15, -0.1) is 0 Å². The molecule has 1 heterocycles. The van der Waals surface area contributed by atoms with Gasteiger partial charge in [-0.1, -0.05) is 16.8 Å². The maximum Gasteiger partial charge on any atom is 0.172 e. The van der Waals surface area contributed by atoms with Crippen LogP contribution in [0.15, 0.2) is 23.4 Å². The molecule has 116 valence electrons. The zero-order valence-electron chi connectivity index (χ0n) is 11.4. The highest BCUT2D eigenvalue weighted by Gasteiger charge is 2.32. The van der Waals surface area contributed by atoms with Crippen LogP contribution in [0.5, 0.6) is 0 Å². The minimum absolute atomic E-state index is 0.0767. The summed E-state index contributed by atoms with van der Waals surface area (Å²) < 4.78 is 24.0. The maximum absolute atomic E-state index is 12.0. The predicted octanol–water partition coefficient (Wildman–Crippen LogP) is 1.36. The van der Waals surface area contributed by atoms with E-state index in [0.29, 0.717) is 28.6 Å². The third-order valence-electron chi connectivity index (χ3n) is 3.23. The Morgan fingerprint density at radius 1 is 1.57 bits per heavy atom. The van der Waals surface area contributed by atoms with Crippen molar-refractivity contribution in [2.24, 2.45) is 10.9 Å². The van der Waals surface area contributed by atoms with Gasteiger partial charge in [0.05, 0.1) is 5.69 Å². The summed E-state index contributed by atoms with van der Waals surface area (Å²) in [6.07, 6.45) is 1.21. The van der Waals surface area contributed by atoms with Gasteiger partial charge in [-0.3, -0.25) is 0 Å². The number of nitrogens with zero attached hydrogens (tertiary/aromatic N) is 2. The minimum atomic E-state index is -3.27. The Morgan fingerprint density at radius 2 is 2.29 bits per heavy atom. The van der Waals surface area contributed by atoms with Crippen LogP contribution in [0.3, 0.4) is 0 Å². The molecule has 1 aliphatic heterocycles. The molecule has 0 amide bonds. The molecule has 2 rings (SSSR count). The highest BCUT2D eigenvalue weighted by atomic mass is 35.5. The van der Waals surface area contributed by atoms with E-state index in [2.05, 4.69) is 5.16 Å². The number of sulfone groups is 1. The van der Waals surface area contributed by atoms with Gasteiger partial charge in [0.2, 0.25) is 0 Å². The normalized spacial score (nSPS) is 20.6. The number of amidine groups is 1. The molecule has 1 fully saturated rings. The summed E-state index contributed by atoms with van der Waals surface area (Å²) in [5.41, 5.74) is 6.71. The number of benzene rings is 1. The van der Waals surface area contributed by atoms with Crippen LogP contribution in [-0.4, -0.2) is 49.1 Å². The lowest BCUT2D eigenvalue weighted by molar-refractivity contribution is 0.318. The Kier molecular flexibility index (Phi) is 4.90. The number of thioether (sulfide) groups is 1. The van der Waals surface area contributed by atoms with Gasteiger partial charge in [0, 0.05) is 34.9 Å². The van der Waals surface area contributed by atoms with Crippen LogP contribution in [0.4, 0.5) is 5.69 Å². The van der Waals surface area contributed by atoms with E-state index >= 15 is 0 Å². The van der Waals surface area contributed by atoms with Crippen LogP contribution in [0.1, 0.15) is 5.56 Å². The number of anilines is 1. The van der Waals surface area contributed by atoms with E-state index in [4.69, 9.17) is 22.5 Å². The Labute approximate surface area is 132 Å². The summed E-state index contributed by atoms with van der Waals surface area (Å²) in [7, 11) is -3.27. The molecule has 1 aromatic rings. The van der Waals surface area contributed by atoms with Crippen molar-refractivity contribution in [3.63, 3.8) is 0 Å². The summed E-state index contributed by atoms with van der Waals surface area (Å²) in [6, 6.07) is 4.88. The molecule has 6 nitrogen and oxygen atoms in total. The molecule has 0 aromatic heterocycles. The lowest BCUT2D eigenvalue weighted by atomic mass is 10.1. The molecule has 0 bridgehead atoms. The molecule has 1 aromatic carbocycles. The molecule has 1 aliphatic rings. The lowest BCUT2D eigenvalue weighted by Gasteiger charge is -2.37. The third kappa shape index (κ3) is 3.56. The minimum Gasteiger partial charge on any atom is -0.409 e. The summed E-state index contributed by atoms with van der Waals surface area (Å²) in [6.45, 7) is 0.550. The second kappa shape index (κ2) is 6.33. The van der Waals surface area contributed by atoms with Crippen molar-refractivity contribution in [3.05, 3.63) is 28.8 Å². The Bertz CT molecular complexity index is 664. The summed E-state index contributed by atoms with van der Waals surface area (Å²) in [5, 5.41) is 11.7. The monoisotopic (exact) mass is 349 g/mol. The fourth-order valence-corrected chi connectivity index (χ4v) is 5.22. The first-order valence-corrected chi connectivity index (χ1v) is 9.64. The molecule has 1 atom stereocenters. The van der Waals surface area contributed by atoms with Gasteiger partial charge < -0.3 is 15.8 Å². The quantitative estimate of drug-likeness (QED) is 0.370. The molecule has 9 heteroatoms. The topological polar surface area (TPSA) is 96.0 Å². The smallest absolute Gasteiger partial charge is 0.172 e. The standard InChI is InChI=1S/C12H16ClN3O3S2/c1-21(18,19)11-7-20-5-4-16(11)10-6-8(13)2-3-9(10)12(14)15-17/h2-3,6,11,17H,4-5,7H2,1H3,(H2,14,15). The first-order chi connectivity index (χ1) is 9.84. The van der Waals surface area contributed by atoms with Crippen LogP contribution >= 0.6 is 23.4 Å². The predicted molar refractivity (Wildman–Crippen MR) is 87.3 cm³/mol. The molecule has 1 unspecified atom stereocenters. The molecular formula is C12H16ClN3O3S2. The Balaban J connectivity index is 2.55. The number of hydrogen-bond donors (Lipinski definition) is 2. The van der Waals surface area contributed by atoms with Crippen LogP contribution in [0, 0.1) is 0 Å². The van der Waals surface area contributed by atoms with Crippen molar-refractivity contribution in [1.29, 1.82) is 0 Å². The fourth-order valence-electron chi connectivity index (χ4n) is 2.22. The molecular weight excluding hydrogens is 334 g/mol. The van der Waals surface area contributed by atoms with Gasteiger partial charge in [-0.2, -0.15) is 11.8 Å². The van der Waals surface area contributed by atoms with Crippen LogP contribution in [0.25, 0.3) is 0 Å². The molecule has 0 saturated carbocycles. The van der Waals surface area contributed by atoms with E-state index in [1.165, 1.54) is 6.26 Å². The Morgan fingerprint density at radius 3 is 2.90 bits per heavy atom. The van der Waals surface area contributed by atoms with Gasteiger partial charge in [0.1, 0.15) is 5.37 Å². The average Bonchev–Trinajstić information content (AvgIpc) is 2.45. The Hall–Kier alpha value is -1.12. The van der Waals surface area contributed by atoms with Crippen molar-refractivity contribution in [2.75, 3.05) is 29.2 Å². The number of nitrogens with two attached hydrogens (primary N) is 1. The van der Waals surface area contributed by atoms with Crippen molar-refractivity contribution in [1.82, 2.24) is 0 Å². The van der Waals surface area contributed by atoms with Crippen molar-refractivity contribution < 1.29 is 13.6 Å². The molecule has 21 heavy (non-hydrogen) atoms. The van der Waals surface area contributed by atoms with Crippen molar-refractivity contribution in [3.8, 4) is 0 Å². The molecule has 0 radical (unpaired) electrons. The summed E-state index contributed by atoms with van der Waals surface area (Å²) in [5.74, 6) is 1.20. The first kappa shape index (κ1) is 16.3. The van der Waals surface area contributed by atoms with E-state index in [1.54, 1.807) is 34.9 Å². The third-order valence-corrected chi connectivity index (χ3v) is 6.11. The molecule has 0 spiro atoms. The van der Waals surface area contributed by atoms with Gasteiger partial charge in [0.25, 0.3) is 0 Å². The van der Waals surface area contributed by atoms with Crippen molar-refractivity contribution in [2.45, 2.75) is 5.37 Å². The van der Waals surface area contributed by atoms with E-state index in [0.717, 1.165) is 5.75 Å².